The average Bonchev–Trinajstić information content (AvgIpc) is 3.11. The van der Waals surface area contributed by atoms with Crippen molar-refractivity contribution < 1.29 is 28.2 Å². The first-order chi connectivity index (χ1) is 14.4. The SMILES string of the molecule is CCOc1ccc(NC(=O)[C@H](C)OC(=O)[C@@H]2CC(=O)N(c3ccccc3F)C2)cc1. The number of para-hydroxylation sites is 1. The predicted molar refractivity (Wildman–Crippen MR) is 109 cm³/mol. The van der Waals surface area contributed by atoms with Gasteiger partial charge in [0.15, 0.2) is 6.10 Å². The number of halogens is 1. The van der Waals surface area contributed by atoms with Crippen molar-refractivity contribution in [2.75, 3.05) is 23.4 Å². The highest BCUT2D eigenvalue weighted by molar-refractivity contribution is 6.00. The molecule has 2 amide bonds. The van der Waals surface area contributed by atoms with Crippen molar-refractivity contribution in [3.8, 4) is 5.75 Å². The van der Waals surface area contributed by atoms with E-state index in [2.05, 4.69) is 5.32 Å². The zero-order valence-electron chi connectivity index (χ0n) is 16.8. The summed E-state index contributed by atoms with van der Waals surface area (Å²) in [5, 5.41) is 2.66. The van der Waals surface area contributed by atoms with Crippen molar-refractivity contribution in [3.05, 3.63) is 54.3 Å². The molecule has 3 rings (SSSR count). The van der Waals surface area contributed by atoms with Gasteiger partial charge in [-0.15, -0.1) is 0 Å². The van der Waals surface area contributed by atoms with E-state index in [1.807, 2.05) is 6.92 Å². The lowest BCUT2D eigenvalue weighted by atomic mass is 10.1. The van der Waals surface area contributed by atoms with E-state index < -0.39 is 29.7 Å². The minimum absolute atomic E-state index is 0.00578. The number of benzene rings is 2. The van der Waals surface area contributed by atoms with Crippen LogP contribution in [0.15, 0.2) is 48.5 Å². The summed E-state index contributed by atoms with van der Waals surface area (Å²) >= 11 is 0. The Hall–Kier alpha value is -3.42. The number of esters is 1. The molecule has 1 aliphatic heterocycles. The Bertz CT molecular complexity index is 931. The molecule has 0 bridgehead atoms. The zero-order chi connectivity index (χ0) is 21.7. The van der Waals surface area contributed by atoms with Crippen molar-refractivity contribution in [1.82, 2.24) is 0 Å². The highest BCUT2D eigenvalue weighted by Gasteiger charge is 2.38. The number of rotatable bonds is 7. The highest BCUT2D eigenvalue weighted by Crippen LogP contribution is 2.28. The molecule has 158 valence electrons. The van der Waals surface area contributed by atoms with E-state index in [1.54, 1.807) is 30.3 Å². The van der Waals surface area contributed by atoms with E-state index in [9.17, 15) is 18.8 Å². The molecule has 1 fully saturated rings. The topological polar surface area (TPSA) is 84.9 Å². The number of carbonyl (C=O) groups excluding carboxylic acids is 3. The fraction of sp³-hybridized carbons (Fsp3) is 0.318. The van der Waals surface area contributed by atoms with Gasteiger partial charge >= 0.3 is 5.97 Å². The average molecular weight is 414 g/mol. The quantitative estimate of drug-likeness (QED) is 0.704. The number of nitrogens with one attached hydrogen (secondary N) is 1. The third-order valence-electron chi connectivity index (χ3n) is 4.70. The first-order valence-corrected chi connectivity index (χ1v) is 9.68. The molecule has 8 heteroatoms. The first kappa shape index (κ1) is 21.3. The number of anilines is 2. The molecule has 0 spiro atoms. The van der Waals surface area contributed by atoms with Crippen LogP contribution in [0.5, 0.6) is 5.75 Å². The summed E-state index contributed by atoms with van der Waals surface area (Å²) in [6.07, 6.45) is -1.15. The van der Waals surface area contributed by atoms with Crippen LogP contribution in [0.3, 0.4) is 0 Å². The summed E-state index contributed by atoms with van der Waals surface area (Å²) in [7, 11) is 0. The van der Waals surface area contributed by atoms with Gasteiger partial charge in [-0.3, -0.25) is 14.4 Å². The van der Waals surface area contributed by atoms with Crippen LogP contribution in [-0.2, 0) is 19.1 Å². The normalized spacial score (nSPS) is 16.8. The van der Waals surface area contributed by atoms with Crippen LogP contribution in [0.4, 0.5) is 15.8 Å². The van der Waals surface area contributed by atoms with E-state index in [0.717, 1.165) is 0 Å². The Balaban J connectivity index is 1.55. The number of ether oxygens (including phenoxy) is 2. The highest BCUT2D eigenvalue weighted by atomic mass is 19.1. The molecule has 7 nitrogen and oxygen atoms in total. The smallest absolute Gasteiger partial charge is 0.312 e. The Morgan fingerprint density at radius 2 is 1.90 bits per heavy atom. The van der Waals surface area contributed by atoms with E-state index in [0.29, 0.717) is 18.0 Å². The predicted octanol–water partition coefficient (Wildman–Crippen LogP) is 3.15. The Morgan fingerprint density at radius 3 is 2.57 bits per heavy atom. The van der Waals surface area contributed by atoms with Gasteiger partial charge in [0.05, 0.1) is 18.2 Å². The lowest BCUT2D eigenvalue weighted by Gasteiger charge is -2.18. The van der Waals surface area contributed by atoms with Gasteiger partial charge in [0.1, 0.15) is 11.6 Å². The van der Waals surface area contributed by atoms with Crippen LogP contribution in [0, 0.1) is 11.7 Å². The largest absolute Gasteiger partial charge is 0.494 e. The third kappa shape index (κ3) is 4.94. The standard InChI is InChI=1S/C22H23FN2O5/c1-3-29-17-10-8-16(9-11-17)24-21(27)14(2)30-22(28)15-12-20(26)25(13-15)19-7-5-4-6-18(19)23/h4-11,14-15H,3,12-13H2,1-2H3,(H,24,27)/t14-,15+/m0/s1. The molecular formula is C22H23FN2O5. The summed E-state index contributed by atoms with van der Waals surface area (Å²) in [6.45, 7) is 3.87. The third-order valence-corrected chi connectivity index (χ3v) is 4.70. The Morgan fingerprint density at radius 1 is 1.20 bits per heavy atom. The molecule has 1 saturated heterocycles. The number of hydrogen-bond acceptors (Lipinski definition) is 5. The maximum Gasteiger partial charge on any atom is 0.312 e. The van der Waals surface area contributed by atoms with Crippen molar-refractivity contribution in [2.45, 2.75) is 26.4 Å². The molecule has 2 aromatic rings. The maximum atomic E-state index is 14.0. The van der Waals surface area contributed by atoms with Crippen molar-refractivity contribution in [3.63, 3.8) is 0 Å². The van der Waals surface area contributed by atoms with Gasteiger partial charge in [-0.2, -0.15) is 0 Å². The van der Waals surface area contributed by atoms with Crippen molar-refractivity contribution in [1.29, 1.82) is 0 Å². The fourth-order valence-electron chi connectivity index (χ4n) is 3.14. The van der Waals surface area contributed by atoms with E-state index >= 15 is 0 Å². The molecule has 2 aromatic carbocycles. The van der Waals surface area contributed by atoms with Crippen LogP contribution in [0.1, 0.15) is 20.3 Å². The van der Waals surface area contributed by atoms with Crippen LogP contribution >= 0.6 is 0 Å². The summed E-state index contributed by atoms with van der Waals surface area (Å²) in [4.78, 5) is 38.2. The van der Waals surface area contributed by atoms with Crippen molar-refractivity contribution >= 4 is 29.2 Å². The minimum Gasteiger partial charge on any atom is -0.494 e. The molecule has 0 aliphatic carbocycles. The fourth-order valence-corrected chi connectivity index (χ4v) is 3.14. The summed E-state index contributed by atoms with van der Waals surface area (Å²) in [5.74, 6) is -2.16. The summed E-state index contributed by atoms with van der Waals surface area (Å²) < 4.78 is 24.6. The van der Waals surface area contributed by atoms with Gasteiger partial charge in [0.25, 0.3) is 5.91 Å². The van der Waals surface area contributed by atoms with Gasteiger partial charge in [0.2, 0.25) is 5.91 Å². The second kappa shape index (κ2) is 9.39. The van der Waals surface area contributed by atoms with Gasteiger partial charge in [-0.05, 0) is 50.2 Å². The zero-order valence-corrected chi connectivity index (χ0v) is 16.8. The number of nitrogens with zero attached hydrogens (tertiary/aromatic N) is 1. The van der Waals surface area contributed by atoms with Crippen LogP contribution in [-0.4, -0.2) is 37.0 Å². The van der Waals surface area contributed by atoms with Crippen LogP contribution in [0.2, 0.25) is 0 Å². The van der Waals surface area contributed by atoms with E-state index in [1.165, 1.54) is 30.0 Å². The Kier molecular flexibility index (Phi) is 6.66. The van der Waals surface area contributed by atoms with E-state index in [-0.39, 0.29) is 24.6 Å². The van der Waals surface area contributed by atoms with Crippen LogP contribution < -0.4 is 15.0 Å². The molecular weight excluding hydrogens is 391 g/mol. The molecule has 30 heavy (non-hydrogen) atoms. The lowest BCUT2D eigenvalue weighted by molar-refractivity contribution is -0.157. The summed E-state index contributed by atoms with van der Waals surface area (Å²) in [6, 6.07) is 12.7. The molecule has 0 saturated carbocycles. The molecule has 1 heterocycles. The van der Waals surface area contributed by atoms with Crippen LogP contribution in [0.25, 0.3) is 0 Å². The number of carbonyl (C=O) groups is 3. The van der Waals surface area contributed by atoms with Gasteiger partial charge in [-0.25, -0.2) is 4.39 Å². The minimum atomic E-state index is -1.05. The number of hydrogen-bond donors (Lipinski definition) is 1. The second-order valence-electron chi connectivity index (χ2n) is 6.88. The lowest BCUT2D eigenvalue weighted by Crippen LogP contribution is -2.33. The Labute approximate surface area is 173 Å². The molecule has 0 unspecified atom stereocenters. The molecule has 0 radical (unpaired) electrons. The number of amides is 2. The monoisotopic (exact) mass is 414 g/mol. The van der Waals surface area contributed by atoms with Crippen molar-refractivity contribution in [2.24, 2.45) is 5.92 Å². The summed E-state index contributed by atoms with van der Waals surface area (Å²) in [5.41, 5.74) is 0.659. The van der Waals surface area contributed by atoms with Gasteiger partial charge in [0, 0.05) is 18.7 Å². The molecule has 1 aliphatic rings. The first-order valence-electron chi connectivity index (χ1n) is 9.68. The van der Waals surface area contributed by atoms with E-state index in [4.69, 9.17) is 9.47 Å². The molecule has 2 atom stereocenters. The molecule has 0 aromatic heterocycles. The second-order valence-corrected chi connectivity index (χ2v) is 6.88. The van der Waals surface area contributed by atoms with Gasteiger partial charge < -0.3 is 19.7 Å². The molecule has 1 N–H and O–H groups in total. The maximum absolute atomic E-state index is 14.0. The van der Waals surface area contributed by atoms with Gasteiger partial charge in [-0.1, -0.05) is 12.1 Å².